The molecule has 1 aromatic heterocycles. The highest BCUT2D eigenvalue weighted by atomic mass is 32.2. The van der Waals surface area contributed by atoms with Gasteiger partial charge >= 0.3 is 0 Å². The molecule has 1 amide bonds. The minimum Gasteiger partial charge on any atom is -0.496 e. The Labute approximate surface area is 233 Å². The molecule has 2 fully saturated rings. The van der Waals surface area contributed by atoms with E-state index in [0.717, 1.165) is 41.7 Å². The molecule has 1 saturated heterocycles. The quantitative estimate of drug-likeness (QED) is 0.378. The van der Waals surface area contributed by atoms with Gasteiger partial charge in [0.25, 0.3) is 0 Å². The van der Waals surface area contributed by atoms with Gasteiger partial charge in [-0.1, -0.05) is 24.3 Å². The van der Waals surface area contributed by atoms with Crippen molar-refractivity contribution in [1.82, 2.24) is 9.29 Å². The molecule has 0 radical (unpaired) electrons. The van der Waals surface area contributed by atoms with Crippen LogP contribution in [0.15, 0.2) is 65.6 Å². The highest BCUT2D eigenvalue weighted by Gasteiger charge is 2.51. The molecule has 39 heavy (non-hydrogen) atoms. The molecule has 0 unspecified atom stereocenters. The van der Waals surface area contributed by atoms with E-state index in [1.807, 2.05) is 30.3 Å². The average molecular weight is 558 g/mol. The summed E-state index contributed by atoms with van der Waals surface area (Å²) < 4.78 is 38.2. The second kappa shape index (κ2) is 11.1. The van der Waals surface area contributed by atoms with E-state index in [9.17, 15) is 18.3 Å². The van der Waals surface area contributed by atoms with Crippen LogP contribution >= 0.6 is 0 Å². The predicted molar refractivity (Wildman–Crippen MR) is 153 cm³/mol. The second-order valence-corrected chi connectivity index (χ2v) is 11.9. The summed E-state index contributed by atoms with van der Waals surface area (Å²) >= 11 is 0. The van der Waals surface area contributed by atoms with Gasteiger partial charge in [-0.2, -0.15) is 4.31 Å². The van der Waals surface area contributed by atoms with E-state index in [4.69, 9.17) is 9.47 Å². The molecule has 1 atom stereocenters. The van der Waals surface area contributed by atoms with Crippen LogP contribution in [0.25, 0.3) is 11.3 Å². The number of aliphatic hydroxyl groups is 1. The zero-order valence-corrected chi connectivity index (χ0v) is 22.9. The van der Waals surface area contributed by atoms with Crippen LogP contribution in [0.5, 0.6) is 5.75 Å². The Kier molecular flexibility index (Phi) is 7.73. The van der Waals surface area contributed by atoms with Gasteiger partial charge in [-0.15, -0.1) is 0 Å². The Bertz CT molecular complexity index is 1470. The van der Waals surface area contributed by atoms with E-state index in [2.05, 4.69) is 10.3 Å². The maximum Gasteiger partial charge on any atom is 0.243 e. The highest BCUT2D eigenvalue weighted by molar-refractivity contribution is 7.89. The van der Waals surface area contributed by atoms with Gasteiger partial charge in [0.05, 0.1) is 36.3 Å². The lowest BCUT2D eigenvalue weighted by Gasteiger charge is -2.22. The summed E-state index contributed by atoms with van der Waals surface area (Å²) in [5.74, 6) is 1.03. The maximum absolute atomic E-state index is 13.4. The van der Waals surface area contributed by atoms with Crippen LogP contribution in [0, 0.1) is 0 Å². The van der Waals surface area contributed by atoms with Crippen molar-refractivity contribution < 1.29 is 32.1 Å². The number of methoxy groups -OCH3 is 2. The van der Waals surface area contributed by atoms with E-state index in [0.29, 0.717) is 31.1 Å². The molecule has 2 N–H and O–H groups in total. The molecule has 0 spiro atoms. The standard InChI is InChI=1S/C29H33N3O6S.3H2/c1-37-19-21-17-22(10-13-26(21)38-2)29(14-15-29)28(34)31-27-7-3-6-25(30-27)20-8-11-24(12-9-20)39(35,36)32-16-4-5-23(32)18-33;;;/h3,6-13,17,23,33H,4-5,14-16,18-19H2,1-2H3,(H,30,31,34);3*1H/t23-;;;/m1.../s1. The van der Waals surface area contributed by atoms with Crippen molar-refractivity contribution in [3.8, 4) is 17.0 Å². The molecule has 3 aromatic rings. The Morgan fingerprint density at radius 2 is 1.92 bits per heavy atom. The van der Waals surface area contributed by atoms with E-state index in [-0.39, 0.29) is 27.7 Å². The zero-order chi connectivity index (χ0) is 27.6. The van der Waals surface area contributed by atoms with Crippen molar-refractivity contribution in [2.75, 3.05) is 32.7 Å². The third-order valence-electron chi connectivity index (χ3n) is 7.60. The predicted octanol–water partition coefficient (Wildman–Crippen LogP) is 4.46. The van der Waals surface area contributed by atoms with Crippen LogP contribution < -0.4 is 10.1 Å². The lowest BCUT2D eigenvalue weighted by Crippen LogP contribution is -2.37. The number of sulfonamides is 1. The minimum absolute atomic E-state index is 0. The van der Waals surface area contributed by atoms with Gasteiger partial charge in [0.2, 0.25) is 15.9 Å². The van der Waals surface area contributed by atoms with Gasteiger partial charge in [0.1, 0.15) is 11.6 Å². The number of pyridine rings is 1. The van der Waals surface area contributed by atoms with Crippen LogP contribution in [0.1, 0.15) is 41.1 Å². The Hall–Kier alpha value is -3.31. The molecule has 2 aliphatic rings. The molecule has 0 bridgehead atoms. The third kappa shape index (κ3) is 5.29. The number of nitrogens with one attached hydrogen (secondary N) is 1. The smallest absolute Gasteiger partial charge is 0.243 e. The normalized spacial score (nSPS) is 18.6. The Morgan fingerprint density at radius 1 is 1.15 bits per heavy atom. The van der Waals surface area contributed by atoms with Crippen molar-refractivity contribution in [2.24, 2.45) is 0 Å². The first-order valence-corrected chi connectivity index (χ1v) is 14.4. The fourth-order valence-corrected chi connectivity index (χ4v) is 6.94. The molecule has 1 aliphatic carbocycles. The van der Waals surface area contributed by atoms with E-state index < -0.39 is 15.4 Å². The Balaban J connectivity index is 0.00000205. The number of anilines is 1. The minimum atomic E-state index is -3.69. The average Bonchev–Trinajstić information content (AvgIpc) is 3.62. The van der Waals surface area contributed by atoms with Gasteiger partial charge in [-0.25, -0.2) is 13.4 Å². The number of rotatable bonds is 10. The van der Waals surface area contributed by atoms with Gasteiger partial charge in [0, 0.05) is 35.1 Å². The van der Waals surface area contributed by atoms with Crippen LogP contribution in [-0.2, 0) is 31.6 Å². The van der Waals surface area contributed by atoms with Crippen molar-refractivity contribution in [1.29, 1.82) is 0 Å². The lowest BCUT2D eigenvalue weighted by atomic mass is 9.93. The van der Waals surface area contributed by atoms with Crippen molar-refractivity contribution in [3.05, 3.63) is 71.8 Å². The number of aromatic nitrogens is 1. The first-order chi connectivity index (χ1) is 18.8. The number of benzene rings is 2. The molecule has 5 rings (SSSR count). The van der Waals surface area contributed by atoms with Crippen LogP contribution in [0.4, 0.5) is 5.82 Å². The summed E-state index contributed by atoms with van der Waals surface area (Å²) in [6.45, 7) is 0.608. The van der Waals surface area contributed by atoms with E-state index in [1.54, 1.807) is 44.6 Å². The van der Waals surface area contributed by atoms with Gasteiger partial charge < -0.3 is 19.9 Å². The molecule has 212 valence electrons. The van der Waals surface area contributed by atoms with Gasteiger partial charge in [0.15, 0.2) is 0 Å². The molecule has 1 aliphatic heterocycles. The number of hydrogen-bond acceptors (Lipinski definition) is 7. The molecule has 9 nitrogen and oxygen atoms in total. The van der Waals surface area contributed by atoms with Gasteiger partial charge in [-0.3, -0.25) is 4.79 Å². The van der Waals surface area contributed by atoms with Crippen molar-refractivity contribution in [3.63, 3.8) is 0 Å². The number of nitrogens with zero attached hydrogens (tertiary/aromatic N) is 2. The number of aliphatic hydroxyl groups excluding tert-OH is 1. The van der Waals surface area contributed by atoms with Crippen molar-refractivity contribution >= 4 is 21.7 Å². The van der Waals surface area contributed by atoms with Crippen molar-refractivity contribution in [2.45, 2.75) is 48.6 Å². The monoisotopic (exact) mass is 557 g/mol. The number of carbonyl (C=O) groups is 1. The summed E-state index contributed by atoms with van der Waals surface area (Å²) in [7, 11) is -0.458. The molecule has 10 heteroatoms. The zero-order valence-electron chi connectivity index (χ0n) is 22.1. The Morgan fingerprint density at radius 3 is 2.59 bits per heavy atom. The molecular formula is C29H39N3O6S. The fourth-order valence-electron chi connectivity index (χ4n) is 5.26. The molecule has 1 saturated carbocycles. The first-order valence-electron chi connectivity index (χ1n) is 13.0. The maximum atomic E-state index is 13.4. The largest absolute Gasteiger partial charge is 0.496 e. The number of carbonyl (C=O) groups excluding carboxylic acids is 1. The summed E-state index contributed by atoms with van der Waals surface area (Å²) in [6.07, 6.45) is 2.87. The topological polar surface area (TPSA) is 118 Å². The number of hydrogen-bond donors (Lipinski definition) is 2. The van der Waals surface area contributed by atoms with Crippen LogP contribution in [0.2, 0.25) is 0 Å². The molecule has 2 heterocycles. The molecular weight excluding hydrogens is 518 g/mol. The summed E-state index contributed by atoms with van der Waals surface area (Å²) in [5, 5.41) is 12.5. The second-order valence-electron chi connectivity index (χ2n) is 10.0. The first kappa shape index (κ1) is 27.3. The summed E-state index contributed by atoms with van der Waals surface area (Å²) in [4.78, 5) is 18.2. The van der Waals surface area contributed by atoms with E-state index in [1.165, 1.54) is 4.31 Å². The number of amides is 1. The summed E-state index contributed by atoms with van der Waals surface area (Å²) in [6, 6.07) is 17.3. The fraction of sp³-hybridized carbons (Fsp3) is 0.379. The highest BCUT2D eigenvalue weighted by Crippen LogP contribution is 2.49. The van der Waals surface area contributed by atoms with E-state index >= 15 is 0 Å². The summed E-state index contributed by atoms with van der Waals surface area (Å²) in [5.41, 5.74) is 2.53. The molecule has 2 aromatic carbocycles. The number of ether oxygens (including phenoxy) is 2. The third-order valence-corrected chi connectivity index (χ3v) is 9.56. The van der Waals surface area contributed by atoms with Crippen LogP contribution in [0.3, 0.4) is 0 Å². The SMILES string of the molecule is COCc1cc(C2(C(=O)Nc3cccc(-c4ccc(S(=O)(=O)N5CCC[C@@H]5CO)cc4)n3)CC2)ccc1OC.[HH].[HH].[HH]. The van der Waals surface area contributed by atoms with Crippen LogP contribution in [-0.4, -0.2) is 62.1 Å². The van der Waals surface area contributed by atoms with Gasteiger partial charge in [-0.05, 0) is 67.6 Å². The lowest BCUT2D eigenvalue weighted by molar-refractivity contribution is -0.118.